The first-order valence-electron chi connectivity index (χ1n) is 6.36. The highest BCUT2D eigenvalue weighted by Gasteiger charge is 2.61. The molecule has 92 valence electrons. The molecule has 3 fully saturated rings. The van der Waals surface area contributed by atoms with E-state index < -0.39 is 5.54 Å². The maximum atomic E-state index is 12.1. The molecule has 4 aliphatic rings. The molecule has 4 heteroatoms. The molecular formula is C14H14N2O2. The van der Waals surface area contributed by atoms with E-state index in [9.17, 15) is 9.59 Å². The number of hydrogen-bond acceptors (Lipinski definition) is 3. The van der Waals surface area contributed by atoms with E-state index in [2.05, 4.69) is 22.3 Å². The summed E-state index contributed by atoms with van der Waals surface area (Å²) >= 11 is 0. The van der Waals surface area contributed by atoms with Gasteiger partial charge in [-0.3, -0.25) is 19.8 Å². The van der Waals surface area contributed by atoms with E-state index in [1.807, 2.05) is 12.1 Å². The summed E-state index contributed by atoms with van der Waals surface area (Å²) in [6.45, 7) is 1.65. The van der Waals surface area contributed by atoms with Gasteiger partial charge < -0.3 is 0 Å². The highest BCUT2D eigenvalue weighted by atomic mass is 16.2. The van der Waals surface area contributed by atoms with Gasteiger partial charge in [-0.05, 0) is 24.0 Å². The van der Waals surface area contributed by atoms with Crippen molar-refractivity contribution in [2.75, 3.05) is 0 Å². The second kappa shape index (κ2) is 3.20. The molecule has 1 aliphatic carbocycles. The third kappa shape index (κ3) is 1.13. The molecule has 4 nitrogen and oxygen atoms in total. The third-order valence-electron chi connectivity index (χ3n) is 4.64. The summed E-state index contributed by atoms with van der Waals surface area (Å²) in [5.41, 5.74) is 2.19. The van der Waals surface area contributed by atoms with Crippen molar-refractivity contribution >= 4 is 11.8 Å². The van der Waals surface area contributed by atoms with Crippen molar-refractivity contribution in [3.63, 3.8) is 0 Å². The van der Waals surface area contributed by atoms with Gasteiger partial charge in [-0.1, -0.05) is 24.3 Å². The van der Waals surface area contributed by atoms with Crippen LogP contribution in [0.15, 0.2) is 24.3 Å². The van der Waals surface area contributed by atoms with Gasteiger partial charge in [-0.25, -0.2) is 0 Å². The van der Waals surface area contributed by atoms with E-state index in [1.54, 1.807) is 0 Å². The molecule has 3 aliphatic heterocycles. The van der Waals surface area contributed by atoms with E-state index >= 15 is 0 Å². The van der Waals surface area contributed by atoms with Gasteiger partial charge in [0, 0.05) is 19.0 Å². The number of hydrogen-bond donors (Lipinski definition) is 1. The zero-order valence-electron chi connectivity index (χ0n) is 9.98. The maximum absolute atomic E-state index is 12.1. The lowest BCUT2D eigenvalue weighted by atomic mass is 9.63. The number of piperidine rings is 2. The molecule has 2 bridgehead atoms. The van der Waals surface area contributed by atoms with E-state index in [1.165, 1.54) is 11.1 Å². The van der Waals surface area contributed by atoms with Crippen LogP contribution in [-0.2, 0) is 22.7 Å². The molecule has 1 aromatic carbocycles. The standard InChI is InChI=1S/C14H14N2O2/c17-12-11-5-14(6-11,13(18)15-12)16-7-9-3-1-2-4-10(9)8-16/h1-4,11H,5-8H2,(H,15,17,18). The minimum Gasteiger partial charge on any atom is -0.295 e. The quantitative estimate of drug-likeness (QED) is 0.741. The minimum atomic E-state index is -0.419. The molecule has 5 rings (SSSR count). The van der Waals surface area contributed by atoms with E-state index in [4.69, 9.17) is 0 Å². The summed E-state index contributed by atoms with van der Waals surface area (Å²) in [7, 11) is 0. The highest BCUT2D eigenvalue weighted by Crippen LogP contribution is 2.48. The van der Waals surface area contributed by atoms with Crippen LogP contribution in [0.4, 0.5) is 0 Å². The predicted octanol–water partition coefficient (Wildman–Crippen LogP) is 0.807. The Balaban J connectivity index is 1.64. The highest BCUT2D eigenvalue weighted by molar-refractivity contribution is 6.07. The largest absolute Gasteiger partial charge is 0.295 e. The van der Waals surface area contributed by atoms with Crippen molar-refractivity contribution in [1.29, 1.82) is 0 Å². The number of benzene rings is 1. The molecule has 0 spiro atoms. The number of imide groups is 1. The van der Waals surface area contributed by atoms with Crippen molar-refractivity contribution in [1.82, 2.24) is 10.2 Å². The van der Waals surface area contributed by atoms with Crippen molar-refractivity contribution in [3.8, 4) is 0 Å². The molecule has 0 aromatic heterocycles. The topological polar surface area (TPSA) is 49.4 Å². The number of fused-ring (bicyclic) bond motifs is 3. The van der Waals surface area contributed by atoms with Crippen LogP contribution in [0.25, 0.3) is 0 Å². The summed E-state index contributed by atoms with van der Waals surface area (Å²) in [4.78, 5) is 25.8. The number of nitrogens with one attached hydrogen (secondary N) is 1. The van der Waals surface area contributed by atoms with Crippen LogP contribution >= 0.6 is 0 Å². The molecule has 1 aromatic rings. The summed E-state index contributed by atoms with van der Waals surface area (Å²) in [5.74, 6) is -0.132. The molecule has 1 N–H and O–H groups in total. The molecule has 18 heavy (non-hydrogen) atoms. The van der Waals surface area contributed by atoms with Gasteiger partial charge in [0.05, 0.1) is 0 Å². The fraction of sp³-hybridized carbons (Fsp3) is 0.429. The molecule has 2 amide bonds. The Bertz CT molecular complexity index is 536. The maximum Gasteiger partial charge on any atom is 0.247 e. The summed E-state index contributed by atoms with van der Waals surface area (Å²) in [6.07, 6.45) is 1.40. The number of carbonyl (C=O) groups is 2. The number of nitrogens with zero attached hydrogens (tertiary/aromatic N) is 1. The average molecular weight is 242 g/mol. The first-order chi connectivity index (χ1) is 8.69. The Morgan fingerprint density at radius 2 is 1.72 bits per heavy atom. The lowest BCUT2D eigenvalue weighted by Crippen LogP contribution is -2.72. The molecule has 0 radical (unpaired) electrons. The molecule has 2 saturated heterocycles. The fourth-order valence-corrected chi connectivity index (χ4v) is 3.49. The van der Waals surface area contributed by atoms with Crippen LogP contribution in [0, 0.1) is 5.92 Å². The zero-order chi connectivity index (χ0) is 12.3. The Morgan fingerprint density at radius 3 is 2.28 bits per heavy atom. The fourth-order valence-electron chi connectivity index (χ4n) is 3.49. The van der Waals surface area contributed by atoms with Crippen LogP contribution in [0.1, 0.15) is 24.0 Å². The van der Waals surface area contributed by atoms with E-state index in [0.29, 0.717) is 12.8 Å². The van der Waals surface area contributed by atoms with Crippen LogP contribution in [0.5, 0.6) is 0 Å². The van der Waals surface area contributed by atoms with Crippen molar-refractivity contribution in [2.45, 2.75) is 31.5 Å². The van der Waals surface area contributed by atoms with Crippen molar-refractivity contribution in [3.05, 3.63) is 35.4 Å². The van der Waals surface area contributed by atoms with Crippen LogP contribution in [0.3, 0.4) is 0 Å². The first kappa shape index (κ1) is 10.3. The van der Waals surface area contributed by atoms with Gasteiger partial charge in [-0.15, -0.1) is 0 Å². The normalized spacial score (nSPS) is 33.9. The van der Waals surface area contributed by atoms with Crippen LogP contribution in [-0.4, -0.2) is 22.3 Å². The van der Waals surface area contributed by atoms with Gasteiger partial charge in [-0.2, -0.15) is 0 Å². The van der Waals surface area contributed by atoms with E-state index in [0.717, 1.165) is 13.1 Å². The summed E-state index contributed by atoms with van der Waals surface area (Å²) < 4.78 is 0. The summed E-state index contributed by atoms with van der Waals surface area (Å²) in [5, 5.41) is 2.50. The lowest BCUT2D eigenvalue weighted by molar-refractivity contribution is -0.164. The second-order valence-corrected chi connectivity index (χ2v) is 5.58. The smallest absolute Gasteiger partial charge is 0.247 e. The van der Waals surface area contributed by atoms with Crippen LogP contribution < -0.4 is 5.32 Å². The molecular weight excluding hydrogens is 228 g/mol. The molecule has 0 atom stereocenters. The Kier molecular flexibility index (Phi) is 1.83. The monoisotopic (exact) mass is 242 g/mol. The first-order valence-corrected chi connectivity index (χ1v) is 6.36. The third-order valence-corrected chi connectivity index (χ3v) is 4.64. The van der Waals surface area contributed by atoms with Crippen molar-refractivity contribution in [2.24, 2.45) is 5.92 Å². The Hall–Kier alpha value is -1.68. The Morgan fingerprint density at radius 1 is 1.11 bits per heavy atom. The predicted molar refractivity (Wildman–Crippen MR) is 64.3 cm³/mol. The minimum absolute atomic E-state index is 0.0476. The van der Waals surface area contributed by atoms with Gasteiger partial charge >= 0.3 is 0 Å². The summed E-state index contributed by atoms with van der Waals surface area (Å²) in [6, 6.07) is 8.31. The molecule has 3 heterocycles. The SMILES string of the molecule is O=C1NC(=O)C2(N3Cc4ccccc4C3)CC1C2. The number of rotatable bonds is 1. The lowest BCUT2D eigenvalue weighted by Gasteiger charge is -2.54. The van der Waals surface area contributed by atoms with Gasteiger partial charge in [0.15, 0.2) is 0 Å². The molecule has 1 saturated carbocycles. The van der Waals surface area contributed by atoms with Crippen LogP contribution in [0.2, 0.25) is 0 Å². The van der Waals surface area contributed by atoms with Gasteiger partial charge in [0.25, 0.3) is 0 Å². The average Bonchev–Trinajstić information content (AvgIpc) is 2.70. The van der Waals surface area contributed by atoms with Gasteiger partial charge in [0.1, 0.15) is 5.54 Å². The van der Waals surface area contributed by atoms with E-state index in [-0.39, 0.29) is 17.7 Å². The van der Waals surface area contributed by atoms with Gasteiger partial charge in [0.2, 0.25) is 11.8 Å². The number of carbonyl (C=O) groups excluding carboxylic acids is 2. The Labute approximate surface area is 105 Å². The second-order valence-electron chi connectivity index (χ2n) is 5.58. The zero-order valence-corrected chi connectivity index (χ0v) is 9.98. The van der Waals surface area contributed by atoms with Crippen molar-refractivity contribution < 1.29 is 9.59 Å². The molecule has 0 unspecified atom stereocenters. The number of amides is 2.